The molecular formula is C9H17N5. The summed E-state index contributed by atoms with van der Waals surface area (Å²) in [5, 5.41) is 12.5. The number of nitrogens with two attached hydrogens (primary N) is 1. The summed E-state index contributed by atoms with van der Waals surface area (Å²) in [5.74, 6) is 0.847. The number of rotatable bonds is 3. The van der Waals surface area contributed by atoms with Crippen LogP contribution in [0.15, 0.2) is 0 Å². The Balaban J connectivity index is 2.26. The van der Waals surface area contributed by atoms with Gasteiger partial charge in [0.05, 0.1) is 6.54 Å². The SMILES string of the molecule is CCn1nnc(C2(CN)CCCC2)n1. The summed E-state index contributed by atoms with van der Waals surface area (Å²) >= 11 is 0. The summed E-state index contributed by atoms with van der Waals surface area (Å²) in [5.41, 5.74) is 5.86. The van der Waals surface area contributed by atoms with Gasteiger partial charge in [0, 0.05) is 12.0 Å². The van der Waals surface area contributed by atoms with Crippen LogP contribution in [-0.2, 0) is 12.0 Å². The Hall–Kier alpha value is -0.970. The first-order chi connectivity index (χ1) is 6.80. The van der Waals surface area contributed by atoms with Gasteiger partial charge in [-0.25, -0.2) is 0 Å². The molecule has 2 rings (SSSR count). The minimum atomic E-state index is 0.0212. The highest BCUT2D eigenvalue weighted by molar-refractivity contribution is 5.08. The second kappa shape index (κ2) is 3.65. The van der Waals surface area contributed by atoms with E-state index < -0.39 is 0 Å². The zero-order chi connectivity index (χ0) is 10.0. The highest BCUT2D eigenvalue weighted by atomic mass is 15.6. The van der Waals surface area contributed by atoms with Crippen molar-refractivity contribution in [3.63, 3.8) is 0 Å². The van der Waals surface area contributed by atoms with Crippen LogP contribution in [0.25, 0.3) is 0 Å². The first-order valence-electron chi connectivity index (χ1n) is 5.29. The first-order valence-corrected chi connectivity index (χ1v) is 5.29. The van der Waals surface area contributed by atoms with Crippen LogP contribution in [0.4, 0.5) is 0 Å². The van der Waals surface area contributed by atoms with Crippen molar-refractivity contribution in [2.24, 2.45) is 5.73 Å². The van der Waals surface area contributed by atoms with Gasteiger partial charge in [0.25, 0.3) is 0 Å². The second-order valence-corrected chi connectivity index (χ2v) is 3.99. The average molecular weight is 195 g/mol. The van der Waals surface area contributed by atoms with Gasteiger partial charge in [0.1, 0.15) is 0 Å². The molecule has 0 bridgehead atoms. The number of hydrogen-bond acceptors (Lipinski definition) is 4. The molecule has 1 heterocycles. The van der Waals surface area contributed by atoms with Gasteiger partial charge < -0.3 is 5.73 Å². The molecule has 5 nitrogen and oxygen atoms in total. The third-order valence-corrected chi connectivity index (χ3v) is 3.16. The van der Waals surface area contributed by atoms with Crippen molar-refractivity contribution in [1.82, 2.24) is 20.2 Å². The van der Waals surface area contributed by atoms with Crippen LogP contribution in [0.1, 0.15) is 38.4 Å². The molecule has 0 spiro atoms. The molecule has 0 unspecified atom stereocenters. The number of hydrogen-bond donors (Lipinski definition) is 1. The fourth-order valence-electron chi connectivity index (χ4n) is 2.16. The Morgan fingerprint density at radius 2 is 2.14 bits per heavy atom. The summed E-state index contributed by atoms with van der Waals surface area (Å²) in [6, 6.07) is 0. The summed E-state index contributed by atoms with van der Waals surface area (Å²) in [4.78, 5) is 1.63. The van der Waals surface area contributed by atoms with E-state index in [4.69, 9.17) is 5.73 Å². The predicted molar refractivity (Wildman–Crippen MR) is 52.7 cm³/mol. The largest absolute Gasteiger partial charge is 0.329 e. The predicted octanol–water partition coefficient (Wildman–Crippen LogP) is 0.463. The van der Waals surface area contributed by atoms with Crippen LogP contribution >= 0.6 is 0 Å². The van der Waals surface area contributed by atoms with Crippen molar-refractivity contribution in [2.45, 2.75) is 44.6 Å². The minimum absolute atomic E-state index is 0.0212. The normalized spacial score (nSPS) is 20.1. The second-order valence-electron chi connectivity index (χ2n) is 3.99. The molecule has 1 fully saturated rings. The molecule has 1 aromatic rings. The zero-order valence-electron chi connectivity index (χ0n) is 8.61. The maximum Gasteiger partial charge on any atom is 0.182 e. The summed E-state index contributed by atoms with van der Waals surface area (Å²) in [6.07, 6.45) is 4.69. The van der Waals surface area contributed by atoms with Gasteiger partial charge in [0.15, 0.2) is 5.82 Å². The summed E-state index contributed by atoms with van der Waals surface area (Å²) in [7, 11) is 0. The average Bonchev–Trinajstić information content (AvgIpc) is 2.87. The molecule has 1 aromatic heterocycles. The van der Waals surface area contributed by atoms with Crippen LogP contribution in [0.2, 0.25) is 0 Å². The van der Waals surface area contributed by atoms with E-state index in [0.717, 1.165) is 25.2 Å². The molecule has 0 atom stereocenters. The molecule has 5 heteroatoms. The number of aryl methyl sites for hydroxylation is 1. The molecule has 0 radical (unpaired) electrons. The van der Waals surface area contributed by atoms with Gasteiger partial charge in [-0.1, -0.05) is 12.8 Å². The van der Waals surface area contributed by atoms with E-state index in [0.29, 0.717) is 6.54 Å². The number of aromatic nitrogens is 4. The van der Waals surface area contributed by atoms with Gasteiger partial charge in [-0.2, -0.15) is 4.80 Å². The maximum absolute atomic E-state index is 5.83. The van der Waals surface area contributed by atoms with Crippen molar-refractivity contribution < 1.29 is 0 Å². The highest BCUT2D eigenvalue weighted by Crippen LogP contribution is 2.37. The van der Waals surface area contributed by atoms with Crippen LogP contribution in [0, 0.1) is 0 Å². The Bertz CT molecular complexity index is 300. The van der Waals surface area contributed by atoms with Crippen molar-refractivity contribution in [3.8, 4) is 0 Å². The molecule has 78 valence electrons. The molecule has 0 amide bonds. The van der Waals surface area contributed by atoms with Crippen LogP contribution in [0.5, 0.6) is 0 Å². The van der Waals surface area contributed by atoms with Crippen molar-refractivity contribution in [2.75, 3.05) is 6.54 Å². The third-order valence-electron chi connectivity index (χ3n) is 3.16. The molecule has 0 saturated heterocycles. The maximum atomic E-state index is 5.83. The topological polar surface area (TPSA) is 69.6 Å². The zero-order valence-corrected chi connectivity index (χ0v) is 8.61. The lowest BCUT2D eigenvalue weighted by Gasteiger charge is -2.22. The molecule has 1 aliphatic carbocycles. The minimum Gasteiger partial charge on any atom is -0.329 e. The number of nitrogens with zero attached hydrogens (tertiary/aromatic N) is 4. The van der Waals surface area contributed by atoms with Crippen molar-refractivity contribution in [1.29, 1.82) is 0 Å². The fraction of sp³-hybridized carbons (Fsp3) is 0.889. The first kappa shape index (κ1) is 9.58. The Morgan fingerprint density at radius 3 is 2.64 bits per heavy atom. The fourth-order valence-corrected chi connectivity index (χ4v) is 2.16. The summed E-state index contributed by atoms with van der Waals surface area (Å²) < 4.78 is 0. The van der Waals surface area contributed by atoms with Gasteiger partial charge in [-0.3, -0.25) is 0 Å². The monoisotopic (exact) mass is 195 g/mol. The molecular weight excluding hydrogens is 178 g/mol. The standard InChI is InChI=1S/C9H17N5/c1-2-14-12-8(11-13-14)9(7-10)5-3-4-6-9/h2-7,10H2,1H3. The van der Waals surface area contributed by atoms with Gasteiger partial charge in [-0.15, -0.1) is 10.2 Å². The van der Waals surface area contributed by atoms with Crippen LogP contribution in [-0.4, -0.2) is 26.8 Å². The lowest BCUT2D eigenvalue weighted by Crippen LogP contribution is -2.33. The van der Waals surface area contributed by atoms with E-state index in [1.807, 2.05) is 6.92 Å². The number of tetrazole rings is 1. The van der Waals surface area contributed by atoms with E-state index in [9.17, 15) is 0 Å². The van der Waals surface area contributed by atoms with E-state index in [2.05, 4.69) is 15.4 Å². The highest BCUT2D eigenvalue weighted by Gasteiger charge is 2.38. The van der Waals surface area contributed by atoms with Gasteiger partial charge in [-0.05, 0) is 25.0 Å². The van der Waals surface area contributed by atoms with E-state index in [1.165, 1.54) is 12.8 Å². The Kier molecular flexibility index (Phi) is 2.50. The Labute approximate surface area is 83.7 Å². The third kappa shape index (κ3) is 1.41. The summed E-state index contributed by atoms with van der Waals surface area (Å²) in [6.45, 7) is 3.42. The smallest absolute Gasteiger partial charge is 0.182 e. The van der Waals surface area contributed by atoms with Crippen molar-refractivity contribution in [3.05, 3.63) is 5.82 Å². The van der Waals surface area contributed by atoms with Crippen LogP contribution < -0.4 is 5.73 Å². The Morgan fingerprint density at radius 1 is 1.43 bits per heavy atom. The van der Waals surface area contributed by atoms with Crippen LogP contribution in [0.3, 0.4) is 0 Å². The van der Waals surface area contributed by atoms with Crippen molar-refractivity contribution >= 4 is 0 Å². The quantitative estimate of drug-likeness (QED) is 0.761. The molecule has 1 aliphatic rings. The molecule has 1 saturated carbocycles. The van der Waals surface area contributed by atoms with E-state index in [-0.39, 0.29) is 5.41 Å². The molecule has 0 aromatic carbocycles. The van der Waals surface area contributed by atoms with E-state index in [1.54, 1.807) is 4.80 Å². The van der Waals surface area contributed by atoms with Gasteiger partial charge in [0.2, 0.25) is 0 Å². The lowest BCUT2D eigenvalue weighted by molar-refractivity contribution is 0.420. The lowest BCUT2D eigenvalue weighted by atomic mass is 9.86. The van der Waals surface area contributed by atoms with E-state index >= 15 is 0 Å². The molecule has 14 heavy (non-hydrogen) atoms. The molecule has 2 N–H and O–H groups in total. The van der Waals surface area contributed by atoms with Gasteiger partial charge >= 0.3 is 0 Å². The molecule has 0 aliphatic heterocycles.